The number of aryl methyl sites for hydroxylation is 1. The van der Waals surface area contributed by atoms with Gasteiger partial charge >= 0.3 is 6.18 Å². The highest BCUT2D eigenvalue weighted by Crippen LogP contribution is 2.16. The lowest BCUT2D eigenvalue weighted by molar-refractivity contribution is -0.185. The van der Waals surface area contributed by atoms with E-state index in [1.165, 1.54) is 6.92 Å². The number of halogens is 3. The molecule has 1 aromatic rings. The van der Waals surface area contributed by atoms with Gasteiger partial charge in [0, 0.05) is 31.4 Å². The van der Waals surface area contributed by atoms with Crippen molar-refractivity contribution < 1.29 is 22.7 Å². The van der Waals surface area contributed by atoms with E-state index in [0.717, 1.165) is 18.7 Å². The van der Waals surface area contributed by atoms with Gasteiger partial charge in [-0.3, -0.25) is 4.79 Å². The molecule has 2 rings (SSSR count). The minimum absolute atomic E-state index is 0.110. The molecule has 8 heteroatoms. The Hall–Kier alpha value is -1.57. The third-order valence-electron chi connectivity index (χ3n) is 3.15. The SMILES string of the molecule is C[C@@H](OCC(F)(F)F)C(=O)N[C@@H]1CCc2nccn2C1. The van der Waals surface area contributed by atoms with Crippen molar-refractivity contribution in [2.24, 2.45) is 0 Å². The Morgan fingerprint density at radius 1 is 1.65 bits per heavy atom. The topological polar surface area (TPSA) is 56.1 Å². The van der Waals surface area contributed by atoms with Crippen LogP contribution in [-0.2, 0) is 22.5 Å². The third kappa shape index (κ3) is 3.96. The fourth-order valence-electron chi connectivity index (χ4n) is 2.10. The molecule has 0 saturated carbocycles. The summed E-state index contributed by atoms with van der Waals surface area (Å²) in [5.74, 6) is 0.430. The van der Waals surface area contributed by atoms with E-state index in [2.05, 4.69) is 15.0 Å². The normalized spacial score (nSPS) is 20.3. The van der Waals surface area contributed by atoms with Gasteiger partial charge in [-0.2, -0.15) is 13.2 Å². The highest BCUT2D eigenvalue weighted by atomic mass is 19.4. The lowest BCUT2D eigenvalue weighted by Gasteiger charge is -2.26. The number of alkyl halides is 3. The summed E-state index contributed by atoms with van der Waals surface area (Å²) < 4.78 is 42.4. The van der Waals surface area contributed by atoms with Crippen LogP contribution >= 0.6 is 0 Å². The summed E-state index contributed by atoms with van der Waals surface area (Å²) in [6, 6.07) is -0.110. The average Bonchev–Trinajstić information content (AvgIpc) is 2.82. The Kier molecular flexibility index (Phi) is 4.32. The summed E-state index contributed by atoms with van der Waals surface area (Å²) >= 11 is 0. The number of ether oxygens (including phenoxy) is 1. The molecule has 1 amide bonds. The third-order valence-corrected chi connectivity index (χ3v) is 3.15. The smallest absolute Gasteiger partial charge is 0.359 e. The summed E-state index contributed by atoms with van der Waals surface area (Å²) in [4.78, 5) is 15.9. The van der Waals surface area contributed by atoms with Crippen LogP contribution in [0.1, 0.15) is 19.2 Å². The first kappa shape index (κ1) is 14.8. The summed E-state index contributed by atoms with van der Waals surface area (Å²) in [7, 11) is 0. The Balaban J connectivity index is 1.80. The predicted molar refractivity (Wildman–Crippen MR) is 63.9 cm³/mol. The Bertz CT molecular complexity index is 473. The van der Waals surface area contributed by atoms with Crippen LogP contribution in [0.3, 0.4) is 0 Å². The second-order valence-electron chi connectivity index (χ2n) is 4.81. The van der Waals surface area contributed by atoms with Crippen molar-refractivity contribution in [2.45, 2.75) is 44.6 Å². The number of carbonyl (C=O) groups excluding carboxylic acids is 1. The summed E-state index contributed by atoms with van der Waals surface area (Å²) in [6.07, 6.45) is -0.595. The van der Waals surface area contributed by atoms with Crippen LogP contribution in [0.15, 0.2) is 12.4 Å². The maximum Gasteiger partial charge on any atom is 0.411 e. The van der Waals surface area contributed by atoms with E-state index in [1.807, 2.05) is 10.8 Å². The van der Waals surface area contributed by atoms with E-state index in [1.54, 1.807) is 6.20 Å². The summed E-state index contributed by atoms with van der Waals surface area (Å²) in [6.45, 7) is 0.470. The largest absolute Gasteiger partial charge is 0.411 e. The minimum Gasteiger partial charge on any atom is -0.359 e. The molecule has 0 aromatic carbocycles. The van der Waals surface area contributed by atoms with Crippen LogP contribution in [-0.4, -0.2) is 40.4 Å². The molecule has 0 spiro atoms. The number of rotatable bonds is 4. The van der Waals surface area contributed by atoms with Crippen molar-refractivity contribution in [2.75, 3.05) is 6.61 Å². The minimum atomic E-state index is -4.43. The lowest BCUT2D eigenvalue weighted by Crippen LogP contribution is -2.45. The fraction of sp³-hybridized carbons (Fsp3) is 0.667. The van der Waals surface area contributed by atoms with Gasteiger partial charge in [-0.05, 0) is 13.3 Å². The van der Waals surface area contributed by atoms with Gasteiger partial charge in [0.05, 0.1) is 0 Å². The van der Waals surface area contributed by atoms with Crippen LogP contribution in [0.25, 0.3) is 0 Å². The zero-order valence-corrected chi connectivity index (χ0v) is 11.0. The molecular formula is C12H16F3N3O2. The van der Waals surface area contributed by atoms with E-state index in [0.29, 0.717) is 6.54 Å². The van der Waals surface area contributed by atoms with Gasteiger partial charge < -0.3 is 14.6 Å². The van der Waals surface area contributed by atoms with Crippen molar-refractivity contribution in [1.29, 1.82) is 0 Å². The molecule has 0 radical (unpaired) electrons. The average molecular weight is 291 g/mol. The van der Waals surface area contributed by atoms with Crippen LogP contribution < -0.4 is 5.32 Å². The van der Waals surface area contributed by atoms with Crippen LogP contribution in [0, 0.1) is 0 Å². The maximum atomic E-state index is 12.0. The zero-order chi connectivity index (χ0) is 14.8. The molecule has 1 aliphatic rings. The number of aromatic nitrogens is 2. The van der Waals surface area contributed by atoms with E-state index < -0.39 is 24.8 Å². The molecule has 1 N–H and O–H groups in total. The van der Waals surface area contributed by atoms with Gasteiger partial charge in [0.15, 0.2) is 0 Å². The number of nitrogens with one attached hydrogen (secondary N) is 1. The number of fused-ring (bicyclic) bond motifs is 1. The molecule has 2 atom stereocenters. The molecule has 0 aliphatic carbocycles. The Labute approximate surface area is 114 Å². The van der Waals surface area contributed by atoms with Gasteiger partial charge in [0.2, 0.25) is 5.91 Å². The van der Waals surface area contributed by atoms with Gasteiger partial charge in [0.1, 0.15) is 18.5 Å². The fourth-order valence-corrected chi connectivity index (χ4v) is 2.10. The molecule has 5 nitrogen and oxygen atoms in total. The predicted octanol–water partition coefficient (Wildman–Crippen LogP) is 1.28. The summed E-state index contributed by atoms with van der Waals surface area (Å²) in [5.41, 5.74) is 0. The molecule has 2 heterocycles. The Morgan fingerprint density at radius 3 is 3.10 bits per heavy atom. The maximum absolute atomic E-state index is 12.0. The molecule has 20 heavy (non-hydrogen) atoms. The number of nitrogens with zero attached hydrogens (tertiary/aromatic N) is 2. The standard InChI is InChI=1S/C12H16F3N3O2/c1-8(20-7-12(13,14)15)11(19)17-9-2-3-10-16-4-5-18(10)6-9/h4-5,8-9H,2-3,6-7H2,1H3,(H,17,19)/t8-,9-/m1/s1. The van der Waals surface area contributed by atoms with Crippen molar-refractivity contribution in [3.63, 3.8) is 0 Å². The van der Waals surface area contributed by atoms with Crippen molar-refractivity contribution in [3.05, 3.63) is 18.2 Å². The van der Waals surface area contributed by atoms with Gasteiger partial charge in [0.25, 0.3) is 0 Å². The second-order valence-corrected chi connectivity index (χ2v) is 4.81. The molecule has 1 aromatic heterocycles. The van der Waals surface area contributed by atoms with Gasteiger partial charge in [-0.1, -0.05) is 0 Å². The van der Waals surface area contributed by atoms with E-state index >= 15 is 0 Å². The van der Waals surface area contributed by atoms with Crippen LogP contribution in [0.5, 0.6) is 0 Å². The molecule has 0 fully saturated rings. The Morgan fingerprint density at radius 2 is 2.40 bits per heavy atom. The number of hydrogen-bond donors (Lipinski definition) is 1. The van der Waals surface area contributed by atoms with Crippen molar-refractivity contribution in [1.82, 2.24) is 14.9 Å². The first-order valence-electron chi connectivity index (χ1n) is 6.34. The van der Waals surface area contributed by atoms with Crippen LogP contribution in [0.4, 0.5) is 13.2 Å². The molecule has 0 unspecified atom stereocenters. The quantitative estimate of drug-likeness (QED) is 0.909. The number of carbonyl (C=O) groups is 1. The number of hydrogen-bond acceptors (Lipinski definition) is 3. The molecule has 1 aliphatic heterocycles. The van der Waals surface area contributed by atoms with E-state index in [9.17, 15) is 18.0 Å². The van der Waals surface area contributed by atoms with E-state index in [-0.39, 0.29) is 6.04 Å². The summed E-state index contributed by atoms with van der Waals surface area (Å²) in [5, 5.41) is 2.71. The van der Waals surface area contributed by atoms with Gasteiger partial charge in [-0.15, -0.1) is 0 Å². The molecule has 112 valence electrons. The molecule has 0 saturated heterocycles. The molecular weight excluding hydrogens is 275 g/mol. The zero-order valence-electron chi connectivity index (χ0n) is 11.0. The van der Waals surface area contributed by atoms with Crippen LogP contribution in [0.2, 0.25) is 0 Å². The van der Waals surface area contributed by atoms with E-state index in [4.69, 9.17) is 0 Å². The highest BCUT2D eigenvalue weighted by Gasteiger charge is 2.30. The van der Waals surface area contributed by atoms with Gasteiger partial charge in [-0.25, -0.2) is 4.98 Å². The highest BCUT2D eigenvalue weighted by molar-refractivity contribution is 5.80. The lowest BCUT2D eigenvalue weighted by atomic mass is 10.1. The van der Waals surface area contributed by atoms with Crippen molar-refractivity contribution >= 4 is 5.91 Å². The first-order valence-corrected chi connectivity index (χ1v) is 6.34. The molecule has 0 bridgehead atoms. The number of amides is 1. The monoisotopic (exact) mass is 291 g/mol. The number of imidazole rings is 1. The van der Waals surface area contributed by atoms with Crippen molar-refractivity contribution in [3.8, 4) is 0 Å². The second kappa shape index (κ2) is 5.82. The first-order chi connectivity index (χ1) is 9.35.